The molecule has 12 heteroatoms. The molecule has 0 bridgehead atoms. The minimum absolute atomic E-state index is 0.0849. The molecule has 0 amide bonds. The lowest BCUT2D eigenvalue weighted by Crippen LogP contribution is -2.49. The number of halogens is 2. The van der Waals surface area contributed by atoms with Crippen molar-refractivity contribution in [2.24, 2.45) is 0 Å². The van der Waals surface area contributed by atoms with Gasteiger partial charge < -0.3 is 10.6 Å². The van der Waals surface area contributed by atoms with E-state index in [9.17, 15) is 17.2 Å². The number of hydrogen-bond acceptors (Lipinski definition) is 8. The summed E-state index contributed by atoms with van der Waals surface area (Å²) in [6.45, 7) is 2.75. The number of sulfonamides is 1. The molecular formula is C17H23F2N7O2S. The summed E-state index contributed by atoms with van der Waals surface area (Å²) in [5, 5.41) is 0. The SMILES string of the molecule is CC(c1nc(N)nc(N(C)C)n1)N1CCN(S(=O)(=O)c2c(F)cccc2F)CC1. The number of anilines is 2. The van der Waals surface area contributed by atoms with Crippen LogP contribution in [0.5, 0.6) is 0 Å². The van der Waals surface area contributed by atoms with Crippen molar-refractivity contribution in [3.05, 3.63) is 35.7 Å². The largest absolute Gasteiger partial charge is 0.368 e. The first-order valence-electron chi connectivity index (χ1n) is 8.98. The summed E-state index contributed by atoms with van der Waals surface area (Å²) in [4.78, 5) is 15.4. The Hall–Kier alpha value is -2.44. The zero-order valence-electron chi connectivity index (χ0n) is 16.4. The van der Waals surface area contributed by atoms with Crippen molar-refractivity contribution in [3.8, 4) is 0 Å². The highest BCUT2D eigenvalue weighted by Gasteiger charge is 2.34. The van der Waals surface area contributed by atoms with Crippen LogP contribution in [0.25, 0.3) is 0 Å². The van der Waals surface area contributed by atoms with Crippen molar-refractivity contribution in [2.75, 3.05) is 50.9 Å². The second-order valence-corrected chi connectivity index (χ2v) is 8.79. The average molecular weight is 427 g/mol. The summed E-state index contributed by atoms with van der Waals surface area (Å²) < 4.78 is 54.5. The Balaban J connectivity index is 1.75. The van der Waals surface area contributed by atoms with Gasteiger partial charge in [-0.2, -0.15) is 19.3 Å². The predicted molar refractivity (Wildman–Crippen MR) is 104 cm³/mol. The van der Waals surface area contributed by atoms with Crippen molar-refractivity contribution in [1.29, 1.82) is 0 Å². The van der Waals surface area contributed by atoms with Gasteiger partial charge in [0.05, 0.1) is 6.04 Å². The van der Waals surface area contributed by atoms with E-state index >= 15 is 0 Å². The Morgan fingerprint density at radius 1 is 1.07 bits per heavy atom. The molecule has 1 aliphatic heterocycles. The first kappa shape index (κ1) is 21.3. The second kappa shape index (κ2) is 8.13. The summed E-state index contributed by atoms with van der Waals surface area (Å²) >= 11 is 0. The molecule has 1 unspecified atom stereocenters. The van der Waals surface area contributed by atoms with Crippen molar-refractivity contribution in [1.82, 2.24) is 24.2 Å². The van der Waals surface area contributed by atoms with Crippen molar-refractivity contribution < 1.29 is 17.2 Å². The summed E-state index contributed by atoms with van der Waals surface area (Å²) in [7, 11) is -0.700. The number of piperazine rings is 1. The molecule has 1 aromatic heterocycles. The first-order valence-corrected chi connectivity index (χ1v) is 10.4. The number of benzene rings is 1. The van der Waals surface area contributed by atoms with Gasteiger partial charge in [-0.15, -0.1) is 0 Å². The highest BCUT2D eigenvalue weighted by atomic mass is 32.2. The molecule has 0 radical (unpaired) electrons. The van der Waals surface area contributed by atoms with Gasteiger partial charge in [0.2, 0.25) is 21.9 Å². The number of nitrogen functional groups attached to an aromatic ring is 1. The summed E-state index contributed by atoms with van der Waals surface area (Å²) in [6, 6.07) is 2.75. The Morgan fingerprint density at radius 2 is 1.66 bits per heavy atom. The third kappa shape index (κ3) is 4.28. The van der Waals surface area contributed by atoms with Crippen LogP contribution in [0, 0.1) is 11.6 Å². The maximum absolute atomic E-state index is 14.0. The van der Waals surface area contributed by atoms with Crippen LogP contribution < -0.4 is 10.6 Å². The standard InChI is InChI=1S/C17H23F2N7O2S/c1-11(15-21-16(20)23-17(22-15)24(2)3)25-7-9-26(10-8-25)29(27,28)14-12(18)5-4-6-13(14)19/h4-6,11H,7-10H2,1-3H3,(H2,20,21,22,23). The van der Waals surface area contributed by atoms with Crippen LogP contribution in [0.15, 0.2) is 23.1 Å². The molecule has 1 fully saturated rings. The number of hydrogen-bond donors (Lipinski definition) is 1. The van der Waals surface area contributed by atoms with Crippen molar-refractivity contribution in [3.63, 3.8) is 0 Å². The Morgan fingerprint density at radius 3 is 2.21 bits per heavy atom. The molecule has 0 aliphatic carbocycles. The Bertz CT molecular complexity index is 975. The lowest BCUT2D eigenvalue weighted by atomic mass is 10.2. The van der Waals surface area contributed by atoms with Crippen LogP contribution in [-0.2, 0) is 10.0 Å². The lowest BCUT2D eigenvalue weighted by molar-refractivity contribution is 0.141. The summed E-state index contributed by atoms with van der Waals surface area (Å²) in [5.41, 5.74) is 5.77. The van der Waals surface area contributed by atoms with Gasteiger partial charge in [0.25, 0.3) is 0 Å². The van der Waals surface area contributed by atoms with Crippen LogP contribution >= 0.6 is 0 Å². The highest BCUT2D eigenvalue weighted by molar-refractivity contribution is 7.89. The van der Waals surface area contributed by atoms with Crippen LogP contribution in [0.2, 0.25) is 0 Å². The maximum Gasteiger partial charge on any atom is 0.249 e. The molecular weight excluding hydrogens is 404 g/mol. The minimum Gasteiger partial charge on any atom is -0.368 e. The molecule has 2 heterocycles. The van der Waals surface area contributed by atoms with Crippen LogP contribution in [-0.4, -0.2) is 72.8 Å². The molecule has 2 aromatic rings. The van der Waals surface area contributed by atoms with Gasteiger partial charge in [-0.1, -0.05) is 6.07 Å². The first-order chi connectivity index (χ1) is 13.6. The van der Waals surface area contributed by atoms with E-state index in [1.54, 1.807) is 19.0 Å². The zero-order valence-corrected chi connectivity index (χ0v) is 17.2. The summed E-state index contributed by atoms with van der Waals surface area (Å²) in [6.07, 6.45) is 0. The van der Waals surface area contributed by atoms with E-state index < -0.39 is 26.6 Å². The van der Waals surface area contributed by atoms with E-state index in [0.29, 0.717) is 24.9 Å². The molecule has 0 spiro atoms. The zero-order chi connectivity index (χ0) is 21.3. The molecule has 2 N–H and O–H groups in total. The van der Waals surface area contributed by atoms with Crippen LogP contribution in [0.1, 0.15) is 18.8 Å². The number of rotatable bonds is 5. The van der Waals surface area contributed by atoms with E-state index in [1.807, 2.05) is 11.8 Å². The van der Waals surface area contributed by atoms with E-state index in [2.05, 4.69) is 15.0 Å². The third-order valence-electron chi connectivity index (χ3n) is 4.77. The molecule has 1 aromatic carbocycles. The molecule has 3 rings (SSSR count). The fourth-order valence-electron chi connectivity index (χ4n) is 3.14. The number of nitrogens with zero attached hydrogens (tertiary/aromatic N) is 6. The molecule has 9 nitrogen and oxygen atoms in total. The van der Waals surface area contributed by atoms with Gasteiger partial charge in [0.1, 0.15) is 11.6 Å². The van der Waals surface area contributed by atoms with Gasteiger partial charge in [0, 0.05) is 40.3 Å². The molecule has 1 aliphatic rings. The minimum atomic E-state index is -4.27. The molecule has 158 valence electrons. The van der Waals surface area contributed by atoms with Gasteiger partial charge in [0.15, 0.2) is 10.7 Å². The topological polar surface area (TPSA) is 109 Å². The second-order valence-electron chi connectivity index (χ2n) is 6.91. The van der Waals surface area contributed by atoms with Crippen molar-refractivity contribution >= 4 is 21.9 Å². The molecule has 1 saturated heterocycles. The van der Waals surface area contributed by atoms with Gasteiger partial charge in [-0.25, -0.2) is 17.2 Å². The molecule has 29 heavy (non-hydrogen) atoms. The molecule has 1 atom stereocenters. The Kier molecular flexibility index (Phi) is 5.96. The van der Waals surface area contributed by atoms with E-state index in [4.69, 9.17) is 5.73 Å². The quantitative estimate of drug-likeness (QED) is 0.749. The monoisotopic (exact) mass is 427 g/mol. The average Bonchev–Trinajstić information content (AvgIpc) is 2.66. The van der Waals surface area contributed by atoms with Gasteiger partial charge in [-0.3, -0.25) is 4.90 Å². The van der Waals surface area contributed by atoms with Gasteiger partial charge >= 0.3 is 0 Å². The van der Waals surface area contributed by atoms with Gasteiger partial charge in [-0.05, 0) is 19.1 Å². The normalized spacial score (nSPS) is 17.3. The van der Waals surface area contributed by atoms with E-state index in [-0.39, 0.29) is 25.1 Å². The Labute approximate surface area is 168 Å². The lowest BCUT2D eigenvalue weighted by Gasteiger charge is -2.36. The number of nitrogens with two attached hydrogens (primary N) is 1. The smallest absolute Gasteiger partial charge is 0.249 e. The van der Waals surface area contributed by atoms with Crippen molar-refractivity contribution in [2.45, 2.75) is 17.9 Å². The molecule has 0 saturated carbocycles. The fourth-order valence-corrected chi connectivity index (χ4v) is 4.67. The predicted octanol–water partition coefficient (Wildman–Crippen LogP) is 0.865. The fraction of sp³-hybridized carbons (Fsp3) is 0.471. The van der Waals surface area contributed by atoms with E-state index in [1.165, 1.54) is 0 Å². The maximum atomic E-state index is 14.0. The number of aromatic nitrogens is 3. The van der Waals surface area contributed by atoms with Crippen LogP contribution in [0.4, 0.5) is 20.7 Å². The highest BCUT2D eigenvalue weighted by Crippen LogP contribution is 2.26. The van der Waals surface area contributed by atoms with E-state index in [0.717, 1.165) is 22.5 Å². The third-order valence-corrected chi connectivity index (χ3v) is 6.72. The summed E-state index contributed by atoms with van der Waals surface area (Å²) in [5.74, 6) is -1.20. The van der Waals surface area contributed by atoms with Crippen LogP contribution in [0.3, 0.4) is 0 Å².